The summed E-state index contributed by atoms with van der Waals surface area (Å²) in [6.45, 7) is 6.08. The van der Waals surface area contributed by atoms with Crippen molar-refractivity contribution < 1.29 is 9.18 Å². The van der Waals surface area contributed by atoms with Gasteiger partial charge in [0.1, 0.15) is 6.17 Å². The third-order valence-electron chi connectivity index (χ3n) is 2.78. The van der Waals surface area contributed by atoms with Crippen LogP contribution in [0, 0.1) is 5.92 Å². The highest BCUT2D eigenvalue weighted by Gasteiger charge is 2.29. The highest BCUT2D eigenvalue weighted by Crippen LogP contribution is 2.19. The Balaban J connectivity index is 2.35. The summed E-state index contributed by atoms with van der Waals surface area (Å²) in [6.07, 6.45) is -0.0972. The lowest BCUT2D eigenvalue weighted by atomic mass is 9.95. The van der Waals surface area contributed by atoms with Crippen LogP contribution < -0.4 is 5.32 Å². The molecule has 0 aromatic rings. The molecular formula is C10H19FN2O. The Bertz CT molecular complexity index is 199. The summed E-state index contributed by atoms with van der Waals surface area (Å²) in [6, 6.07) is 0. The Morgan fingerprint density at radius 1 is 1.64 bits per heavy atom. The molecule has 1 heterocycles. The van der Waals surface area contributed by atoms with Gasteiger partial charge in [-0.3, -0.25) is 4.79 Å². The third-order valence-corrected chi connectivity index (χ3v) is 2.78. The van der Waals surface area contributed by atoms with E-state index in [9.17, 15) is 9.18 Å². The maximum absolute atomic E-state index is 13.5. The molecule has 1 aliphatic heterocycles. The number of alkyl halides is 1. The van der Waals surface area contributed by atoms with E-state index in [0.29, 0.717) is 6.54 Å². The molecule has 1 fully saturated rings. The van der Waals surface area contributed by atoms with Crippen LogP contribution in [0.15, 0.2) is 0 Å². The first-order valence-corrected chi connectivity index (χ1v) is 5.25. The number of amides is 1. The number of nitrogens with one attached hydrogen (secondary N) is 1. The Kier molecular flexibility index (Phi) is 4.32. The van der Waals surface area contributed by atoms with Gasteiger partial charge in [0.25, 0.3) is 0 Å². The zero-order valence-electron chi connectivity index (χ0n) is 8.92. The van der Waals surface area contributed by atoms with Gasteiger partial charge in [-0.25, -0.2) is 4.39 Å². The van der Waals surface area contributed by atoms with Crippen LogP contribution in [-0.4, -0.2) is 43.2 Å². The van der Waals surface area contributed by atoms with Crippen molar-refractivity contribution in [3.63, 3.8) is 0 Å². The van der Waals surface area contributed by atoms with Gasteiger partial charge in [0, 0.05) is 25.9 Å². The minimum Gasteiger partial charge on any atom is -0.340 e. The predicted octanol–water partition coefficient (Wildman–Crippen LogP) is 0.802. The average Bonchev–Trinajstić information content (AvgIpc) is 2.15. The highest BCUT2D eigenvalue weighted by molar-refractivity contribution is 5.73. The molecule has 1 rings (SSSR count). The Morgan fingerprint density at radius 3 is 2.86 bits per heavy atom. The summed E-state index contributed by atoms with van der Waals surface area (Å²) < 4.78 is 13.5. The van der Waals surface area contributed by atoms with Crippen molar-refractivity contribution in [2.24, 2.45) is 5.92 Å². The van der Waals surface area contributed by atoms with Crippen molar-refractivity contribution in [1.29, 1.82) is 0 Å². The number of carbonyl (C=O) groups is 1. The molecule has 14 heavy (non-hydrogen) atoms. The molecule has 0 aromatic heterocycles. The Morgan fingerprint density at radius 2 is 2.36 bits per heavy atom. The summed E-state index contributed by atoms with van der Waals surface area (Å²) in [5.41, 5.74) is 0. The van der Waals surface area contributed by atoms with E-state index in [2.05, 4.69) is 5.32 Å². The summed E-state index contributed by atoms with van der Waals surface area (Å²) in [5.74, 6) is 0.0556. The van der Waals surface area contributed by atoms with Crippen molar-refractivity contribution in [2.45, 2.75) is 26.4 Å². The summed E-state index contributed by atoms with van der Waals surface area (Å²) in [5, 5.41) is 3.15. The van der Waals surface area contributed by atoms with Crippen LogP contribution in [0.1, 0.15) is 20.3 Å². The average molecular weight is 202 g/mol. The van der Waals surface area contributed by atoms with Crippen molar-refractivity contribution in [1.82, 2.24) is 10.2 Å². The number of piperidine rings is 1. The molecule has 1 N–H and O–H groups in total. The number of carbonyl (C=O) groups excluding carboxylic acids is 1. The van der Waals surface area contributed by atoms with E-state index in [4.69, 9.17) is 0 Å². The molecule has 0 radical (unpaired) electrons. The third kappa shape index (κ3) is 2.94. The molecule has 0 spiro atoms. The zero-order chi connectivity index (χ0) is 10.6. The predicted molar refractivity (Wildman–Crippen MR) is 53.8 cm³/mol. The van der Waals surface area contributed by atoms with Gasteiger partial charge in [-0.05, 0) is 13.0 Å². The quantitative estimate of drug-likeness (QED) is 0.734. The maximum Gasteiger partial charge on any atom is 0.219 e. The summed E-state index contributed by atoms with van der Waals surface area (Å²) in [4.78, 5) is 12.6. The highest BCUT2D eigenvalue weighted by atomic mass is 19.1. The van der Waals surface area contributed by atoms with Gasteiger partial charge >= 0.3 is 0 Å². The van der Waals surface area contributed by atoms with Gasteiger partial charge in [-0.1, -0.05) is 6.92 Å². The van der Waals surface area contributed by atoms with Crippen LogP contribution in [-0.2, 0) is 4.79 Å². The van der Waals surface area contributed by atoms with E-state index in [0.717, 1.165) is 19.5 Å². The topological polar surface area (TPSA) is 32.3 Å². The molecule has 0 aliphatic carbocycles. The van der Waals surface area contributed by atoms with E-state index in [1.165, 1.54) is 6.92 Å². The first-order chi connectivity index (χ1) is 6.65. The van der Waals surface area contributed by atoms with Crippen LogP contribution in [0.4, 0.5) is 4.39 Å². The fourth-order valence-electron chi connectivity index (χ4n) is 1.80. The maximum atomic E-state index is 13.5. The molecule has 0 saturated carbocycles. The first kappa shape index (κ1) is 11.4. The van der Waals surface area contributed by atoms with Gasteiger partial charge < -0.3 is 10.2 Å². The smallest absolute Gasteiger partial charge is 0.219 e. The van der Waals surface area contributed by atoms with Crippen molar-refractivity contribution in [3.8, 4) is 0 Å². The van der Waals surface area contributed by atoms with Gasteiger partial charge in [0.15, 0.2) is 0 Å². The summed E-state index contributed by atoms with van der Waals surface area (Å²) >= 11 is 0. The molecule has 0 bridgehead atoms. The van der Waals surface area contributed by atoms with Crippen LogP contribution in [0.3, 0.4) is 0 Å². The van der Waals surface area contributed by atoms with Gasteiger partial charge in [-0.15, -0.1) is 0 Å². The second-order valence-electron chi connectivity index (χ2n) is 3.84. The normalized spacial score (nSPS) is 27.8. The van der Waals surface area contributed by atoms with E-state index in [1.54, 1.807) is 4.90 Å². The van der Waals surface area contributed by atoms with E-state index in [-0.39, 0.29) is 18.4 Å². The molecule has 82 valence electrons. The molecule has 2 unspecified atom stereocenters. The van der Waals surface area contributed by atoms with Gasteiger partial charge in [-0.2, -0.15) is 0 Å². The van der Waals surface area contributed by atoms with E-state index >= 15 is 0 Å². The van der Waals surface area contributed by atoms with Crippen LogP contribution in [0.25, 0.3) is 0 Å². The zero-order valence-corrected chi connectivity index (χ0v) is 8.92. The fourth-order valence-corrected chi connectivity index (χ4v) is 1.80. The Hall–Kier alpha value is -0.640. The standard InChI is InChI=1S/C10H19FN2O/c1-3-12-6-9-4-5-13(8(2)14)7-10(9)11/h9-10,12H,3-7H2,1-2H3. The van der Waals surface area contributed by atoms with Crippen LogP contribution in [0.5, 0.6) is 0 Å². The number of hydrogen-bond acceptors (Lipinski definition) is 2. The van der Waals surface area contributed by atoms with E-state index < -0.39 is 6.17 Å². The minimum atomic E-state index is -0.869. The lowest BCUT2D eigenvalue weighted by Gasteiger charge is -2.34. The van der Waals surface area contributed by atoms with E-state index in [1.807, 2.05) is 6.92 Å². The molecule has 1 amide bonds. The van der Waals surface area contributed by atoms with Crippen LogP contribution >= 0.6 is 0 Å². The number of hydrogen-bond donors (Lipinski definition) is 1. The van der Waals surface area contributed by atoms with Crippen LogP contribution in [0.2, 0.25) is 0 Å². The molecule has 2 atom stereocenters. The second-order valence-corrected chi connectivity index (χ2v) is 3.84. The Labute approximate surface area is 84.7 Å². The molecule has 1 aliphatic rings. The number of nitrogens with zero attached hydrogens (tertiary/aromatic N) is 1. The minimum absolute atomic E-state index is 0.0189. The molecule has 1 saturated heterocycles. The number of halogens is 1. The molecule has 0 aromatic carbocycles. The lowest BCUT2D eigenvalue weighted by molar-refractivity contribution is -0.131. The molecule has 4 heteroatoms. The first-order valence-electron chi connectivity index (χ1n) is 5.25. The number of likely N-dealkylation sites (tertiary alicyclic amines) is 1. The largest absolute Gasteiger partial charge is 0.340 e. The van der Waals surface area contributed by atoms with Crippen molar-refractivity contribution in [3.05, 3.63) is 0 Å². The SMILES string of the molecule is CCNCC1CCN(C(C)=O)CC1F. The monoisotopic (exact) mass is 202 g/mol. The van der Waals surface area contributed by atoms with Gasteiger partial charge in [0.2, 0.25) is 5.91 Å². The lowest BCUT2D eigenvalue weighted by Crippen LogP contribution is -2.46. The molecule has 3 nitrogen and oxygen atoms in total. The van der Waals surface area contributed by atoms with Gasteiger partial charge in [0.05, 0.1) is 6.54 Å². The molecular weight excluding hydrogens is 183 g/mol. The number of rotatable bonds is 3. The summed E-state index contributed by atoms with van der Waals surface area (Å²) in [7, 11) is 0. The fraction of sp³-hybridized carbons (Fsp3) is 0.900. The van der Waals surface area contributed by atoms with Crippen molar-refractivity contribution in [2.75, 3.05) is 26.2 Å². The second kappa shape index (κ2) is 5.29. The van der Waals surface area contributed by atoms with Crippen molar-refractivity contribution >= 4 is 5.91 Å².